The van der Waals surface area contributed by atoms with Crippen LogP contribution in [0.25, 0.3) is 0 Å². The first-order chi connectivity index (χ1) is 10.1. The summed E-state index contributed by atoms with van der Waals surface area (Å²) < 4.78 is 34.2. The van der Waals surface area contributed by atoms with Crippen LogP contribution >= 0.6 is 0 Å². The lowest BCUT2D eigenvalue weighted by Gasteiger charge is -2.15. The lowest BCUT2D eigenvalue weighted by atomic mass is 10.1. The summed E-state index contributed by atoms with van der Waals surface area (Å²) in [4.78, 5) is 4.04. The lowest BCUT2D eigenvalue weighted by Crippen LogP contribution is -2.38. The van der Waals surface area contributed by atoms with Crippen LogP contribution in [0.5, 0.6) is 5.75 Å². The van der Waals surface area contributed by atoms with Crippen molar-refractivity contribution in [3.63, 3.8) is 0 Å². The molecule has 118 valence electrons. The Morgan fingerprint density at radius 2 is 2.10 bits per heavy atom. The van der Waals surface area contributed by atoms with Gasteiger partial charge in [-0.25, -0.2) is 0 Å². The van der Waals surface area contributed by atoms with Gasteiger partial charge in [-0.2, -0.15) is 8.78 Å². The molecule has 0 aliphatic rings. The van der Waals surface area contributed by atoms with Crippen LogP contribution in [0.1, 0.15) is 11.1 Å². The van der Waals surface area contributed by atoms with Gasteiger partial charge in [-0.05, 0) is 13.0 Å². The number of aliphatic imine (C=N–C) groups is 1. The van der Waals surface area contributed by atoms with Crippen LogP contribution in [-0.4, -0.2) is 39.9 Å². The second-order valence-electron chi connectivity index (χ2n) is 4.34. The normalized spacial score (nSPS) is 11.6. The fourth-order valence-electron chi connectivity index (χ4n) is 1.73. The molecule has 2 N–H and O–H groups in total. The van der Waals surface area contributed by atoms with E-state index in [4.69, 9.17) is 4.74 Å². The highest BCUT2D eigenvalue weighted by atomic mass is 19.3. The largest absolute Gasteiger partial charge is 0.434 e. The van der Waals surface area contributed by atoms with Crippen LogP contribution in [0, 0.1) is 6.92 Å². The first-order valence-electron chi connectivity index (χ1n) is 6.54. The summed E-state index contributed by atoms with van der Waals surface area (Å²) in [5, 5.41) is 6.08. The number of guanidine groups is 1. The molecule has 0 heterocycles. The number of ether oxygens (including phenoxy) is 2. The molecule has 7 heteroatoms. The number of hydrogen-bond acceptors (Lipinski definition) is 3. The quantitative estimate of drug-likeness (QED) is 0.459. The minimum absolute atomic E-state index is 0.162. The van der Waals surface area contributed by atoms with Crippen molar-refractivity contribution in [3.05, 3.63) is 29.3 Å². The molecule has 0 aliphatic heterocycles. The van der Waals surface area contributed by atoms with Gasteiger partial charge in [0.25, 0.3) is 0 Å². The number of halogens is 2. The van der Waals surface area contributed by atoms with E-state index >= 15 is 0 Å². The molecular weight excluding hydrogens is 280 g/mol. The summed E-state index contributed by atoms with van der Waals surface area (Å²) in [6, 6.07) is 5.07. The molecule has 0 unspecified atom stereocenters. The highest BCUT2D eigenvalue weighted by Gasteiger charge is 2.10. The molecule has 0 fully saturated rings. The molecular formula is C14H21F2N3O2. The number of rotatable bonds is 7. The molecule has 0 atom stereocenters. The van der Waals surface area contributed by atoms with Crippen molar-refractivity contribution in [2.45, 2.75) is 20.1 Å². The summed E-state index contributed by atoms with van der Waals surface area (Å²) in [5.41, 5.74) is 1.61. The number of alkyl halides is 2. The molecule has 1 aromatic rings. The maximum atomic E-state index is 12.4. The summed E-state index contributed by atoms with van der Waals surface area (Å²) >= 11 is 0. The number of nitrogens with one attached hydrogen (secondary N) is 2. The first-order valence-corrected chi connectivity index (χ1v) is 6.54. The van der Waals surface area contributed by atoms with Gasteiger partial charge in [-0.1, -0.05) is 17.7 Å². The first kappa shape index (κ1) is 17.2. The van der Waals surface area contributed by atoms with Crippen molar-refractivity contribution in [1.29, 1.82) is 0 Å². The lowest BCUT2D eigenvalue weighted by molar-refractivity contribution is -0.0504. The number of hydrogen-bond donors (Lipinski definition) is 2. The van der Waals surface area contributed by atoms with Crippen LogP contribution in [-0.2, 0) is 11.3 Å². The van der Waals surface area contributed by atoms with Crippen molar-refractivity contribution in [2.24, 2.45) is 4.99 Å². The Morgan fingerprint density at radius 3 is 2.71 bits per heavy atom. The summed E-state index contributed by atoms with van der Waals surface area (Å²) in [6.07, 6.45) is 0. The van der Waals surface area contributed by atoms with Crippen molar-refractivity contribution >= 4 is 5.96 Å². The van der Waals surface area contributed by atoms with Gasteiger partial charge in [-0.3, -0.25) is 4.99 Å². The van der Waals surface area contributed by atoms with Crippen molar-refractivity contribution < 1.29 is 18.3 Å². The Bertz CT molecular complexity index is 468. The third kappa shape index (κ3) is 6.40. The Hall–Kier alpha value is -1.89. The van der Waals surface area contributed by atoms with Crippen molar-refractivity contribution in [1.82, 2.24) is 10.6 Å². The second kappa shape index (κ2) is 9.12. The highest BCUT2D eigenvalue weighted by molar-refractivity contribution is 5.79. The summed E-state index contributed by atoms with van der Waals surface area (Å²) in [6.45, 7) is 0.526. The number of nitrogens with zero attached hydrogens (tertiary/aromatic N) is 1. The van der Waals surface area contributed by atoms with Crippen molar-refractivity contribution in [3.8, 4) is 5.75 Å². The average molecular weight is 301 g/mol. The van der Waals surface area contributed by atoms with E-state index in [1.54, 1.807) is 32.4 Å². The SMILES string of the molecule is CN=C(NCCOC)NCc1cc(C)ccc1OC(F)F. The average Bonchev–Trinajstić information content (AvgIpc) is 2.44. The number of aryl methyl sites for hydroxylation is 1. The van der Waals surface area contributed by atoms with E-state index in [1.807, 2.05) is 6.92 Å². The molecule has 0 aliphatic carbocycles. The Morgan fingerprint density at radius 1 is 1.33 bits per heavy atom. The van der Waals surface area contributed by atoms with Gasteiger partial charge in [0.15, 0.2) is 5.96 Å². The van der Waals surface area contributed by atoms with Gasteiger partial charge in [0.05, 0.1) is 6.61 Å². The molecule has 0 spiro atoms. The molecule has 5 nitrogen and oxygen atoms in total. The zero-order chi connectivity index (χ0) is 15.7. The monoisotopic (exact) mass is 301 g/mol. The van der Waals surface area contributed by atoms with E-state index in [9.17, 15) is 8.78 Å². The minimum Gasteiger partial charge on any atom is -0.434 e. The fraction of sp³-hybridized carbons (Fsp3) is 0.500. The van der Waals surface area contributed by atoms with Gasteiger partial charge in [0, 0.05) is 32.8 Å². The predicted octanol–water partition coefficient (Wildman–Crippen LogP) is 1.91. The molecule has 0 saturated heterocycles. The van der Waals surface area contributed by atoms with E-state index in [1.165, 1.54) is 0 Å². The van der Waals surface area contributed by atoms with Gasteiger partial charge in [0.2, 0.25) is 0 Å². The van der Waals surface area contributed by atoms with Crippen LogP contribution in [0.4, 0.5) is 8.78 Å². The van der Waals surface area contributed by atoms with E-state index < -0.39 is 6.61 Å². The van der Waals surface area contributed by atoms with Gasteiger partial charge in [-0.15, -0.1) is 0 Å². The second-order valence-corrected chi connectivity index (χ2v) is 4.34. The Balaban J connectivity index is 2.66. The molecule has 0 aromatic heterocycles. The summed E-state index contributed by atoms with van der Waals surface area (Å²) in [5.74, 6) is 0.729. The number of benzene rings is 1. The van der Waals surface area contributed by atoms with E-state index in [0.29, 0.717) is 31.2 Å². The Kier molecular flexibility index (Phi) is 7.45. The minimum atomic E-state index is -2.84. The smallest absolute Gasteiger partial charge is 0.387 e. The standard InChI is InChI=1S/C14H21F2N3O2/c1-10-4-5-12(21-13(15)16)11(8-10)9-19-14(17-2)18-6-7-20-3/h4-5,8,13H,6-7,9H2,1-3H3,(H2,17,18,19). The van der Waals surface area contributed by atoms with Crippen LogP contribution in [0.3, 0.4) is 0 Å². The maximum Gasteiger partial charge on any atom is 0.387 e. The van der Waals surface area contributed by atoms with E-state index in [2.05, 4.69) is 20.4 Å². The van der Waals surface area contributed by atoms with Gasteiger partial charge >= 0.3 is 6.61 Å². The third-order valence-corrected chi connectivity index (χ3v) is 2.70. The van der Waals surface area contributed by atoms with E-state index in [-0.39, 0.29) is 5.75 Å². The zero-order valence-electron chi connectivity index (χ0n) is 12.5. The Labute approximate surface area is 123 Å². The van der Waals surface area contributed by atoms with E-state index in [0.717, 1.165) is 5.56 Å². The molecule has 0 saturated carbocycles. The topological polar surface area (TPSA) is 54.9 Å². The highest BCUT2D eigenvalue weighted by Crippen LogP contribution is 2.21. The maximum absolute atomic E-state index is 12.4. The third-order valence-electron chi connectivity index (χ3n) is 2.70. The van der Waals surface area contributed by atoms with Crippen LogP contribution < -0.4 is 15.4 Å². The van der Waals surface area contributed by atoms with Gasteiger partial charge in [0.1, 0.15) is 5.75 Å². The molecule has 0 amide bonds. The van der Waals surface area contributed by atoms with Crippen LogP contribution in [0.2, 0.25) is 0 Å². The van der Waals surface area contributed by atoms with Gasteiger partial charge < -0.3 is 20.1 Å². The molecule has 1 aromatic carbocycles. The molecule has 1 rings (SSSR count). The fourth-order valence-corrected chi connectivity index (χ4v) is 1.73. The number of methoxy groups -OCH3 is 1. The molecule has 0 bridgehead atoms. The molecule has 21 heavy (non-hydrogen) atoms. The summed E-state index contributed by atoms with van der Waals surface area (Å²) in [7, 11) is 3.24. The molecule has 0 radical (unpaired) electrons. The van der Waals surface area contributed by atoms with Crippen LogP contribution in [0.15, 0.2) is 23.2 Å². The zero-order valence-corrected chi connectivity index (χ0v) is 12.5. The predicted molar refractivity (Wildman–Crippen MR) is 77.9 cm³/mol. The van der Waals surface area contributed by atoms with Crippen molar-refractivity contribution in [2.75, 3.05) is 27.3 Å².